The minimum atomic E-state index is -0.183. The zero-order chi connectivity index (χ0) is 11.7. The summed E-state index contributed by atoms with van der Waals surface area (Å²) in [6.07, 6.45) is 0.675. The van der Waals surface area contributed by atoms with E-state index in [9.17, 15) is 5.11 Å². The molecule has 1 atom stereocenters. The highest BCUT2D eigenvalue weighted by molar-refractivity contribution is 6.31. The second kappa shape index (κ2) is 4.73. The lowest BCUT2D eigenvalue weighted by Crippen LogP contribution is -2.23. The summed E-state index contributed by atoms with van der Waals surface area (Å²) in [4.78, 5) is 2.22. The van der Waals surface area contributed by atoms with Crippen LogP contribution in [0.5, 0.6) is 0 Å². The van der Waals surface area contributed by atoms with E-state index >= 15 is 0 Å². The summed E-state index contributed by atoms with van der Waals surface area (Å²) in [5.41, 5.74) is 1.95. The van der Waals surface area contributed by atoms with E-state index in [1.807, 2.05) is 11.6 Å². The fraction of sp³-hybridized carbons (Fsp3) is 0.727. The van der Waals surface area contributed by atoms with Crippen LogP contribution in [0.4, 0.5) is 0 Å². The number of hydrogen-bond donors (Lipinski definition) is 1. The van der Waals surface area contributed by atoms with Gasteiger partial charge in [0, 0.05) is 26.2 Å². The summed E-state index contributed by atoms with van der Waals surface area (Å²) in [6, 6.07) is 0. The van der Waals surface area contributed by atoms with Crippen molar-refractivity contribution in [2.24, 2.45) is 0 Å². The fourth-order valence-electron chi connectivity index (χ4n) is 2.19. The minimum Gasteiger partial charge on any atom is -0.392 e. The van der Waals surface area contributed by atoms with Crippen molar-refractivity contribution in [1.29, 1.82) is 0 Å². The molecule has 4 nitrogen and oxygen atoms in total. The van der Waals surface area contributed by atoms with Crippen molar-refractivity contribution in [3.05, 3.63) is 16.4 Å². The molecule has 2 rings (SSSR count). The first-order valence-electron chi connectivity index (χ1n) is 5.74. The van der Waals surface area contributed by atoms with Crippen LogP contribution >= 0.6 is 11.6 Å². The van der Waals surface area contributed by atoms with Crippen molar-refractivity contribution < 1.29 is 5.11 Å². The molecule has 1 saturated heterocycles. The SMILES string of the molecule is CCn1nc(C)c(Cl)c1CN1CC[C@H](O)C1. The predicted molar refractivity (Wildman–Crippen MR) is 63.5 cm³/mol. The monoisotopic (exact) mass is 243 g/mol. The van der Waals surface area contributed by atoms with Crippen molar-refractivity contribution in [3.63, 3.8) is 0 Å². The fourth-order valence-corrected chi connectivity index (χ4v) is 2.38. The van der Waals surface area contributed by atoms with Crippen molar-refractivity contribution >= 4 is 11.6 Å². The van der Waals surface area contributed by atoms with Gasteiger partial charge >= 0.3 is 0 Å². The van der Waals surface area contributed by atoms with Gasteiger partial charge in [0.15, 0.2) is 0 Å². The van der Waals surface area contributed by atoms with Gasteiger partial charge in [-0.2, -0.15) is 5.10 Å². The molecule has 0 aromatic carbocycles. The van der Waals surface area contributed by atoms with E-state index < -0.39 is 0 Å². The molecule has 0 radical (unpaired) electrons. The van der Waals surface area contributed by atoms with Crippen molar-refractivity contribution in [3.8, 4) is 0 Å². The maximum absolute atomic E-state index is 9.48. The number of aliphatic hydroxyl groups is 1. The minimum absolute atomic E-state index is 0.183. The van der Waals surface area contributed by atoms with Gasteiger partial charge in [-0.3, -0.25) is 9.58 Å². The topological polar surface area (TPSA) is 41.3 Å². The van der Waals surface area contributed by atoms with Gasteiger partial charge < -0.3 is 5.11 Å². The standard InChI is InChI=1S/C11H18ClN3O/c1-3-15-10(11(12)8(2)13-15)7-14-5-4-9(16)6-14/h9,16H,3-7H2,1-2H3/t9-/m0/s1. The Morgan fingerprint density at radius 3 is 2.88 bits per heavy atom. The Kier molecular flexibility index (Phi) is 3.52. The molecule has 90 valence electrons. The maximum Gasteiger partial charge on any atom is 0.0860 e. The molecule has 0 spiro atoms. The van der Waals surface area contributed by atoms with Crippen molar-refractivity contribution in [2.45, 2.75) is 39.5 Å². The Bertz CT molecular complexity index is 378. The summed E-state index contributed by atoms with van der Waals surface area (Å²) in [5.74, 6) is 0. The molecule has 1 fully saturated rings. The number of aromatic nitrogens is 2. The molecule has 0 saturated carbocycles. The van der Waals surface area contributed by atoms with Gasteiger partial charge in [-0.1, -0.05) is 11.6 Å². The molecular formula is C11H18ClN3O. The third kappa shape index (κ3) is 2.24. The van der Waals surface area contributed by atoms with Crippen LogP contribution in [0.3, 0.4) is 0 Å². The Hall–Kier alpha value is -0.580. The Labute approximate surface area is 101 Å². The lowest BCUT2D eigenvalue weighted by molar-refractivity contribution is 0.174. The molecule has 1 aliphatic rings. The van der Waals surface area contributed by atoms with Crippen molar-refractivity contribution in [2.75, 3.05) is 13.1 Å². The van der Waals surface area contributed by atoms with Crippen molar-refractivity contribution in [1.82, 2.24) is 14.7 Å². The lowest BCUT2D eigenvalue weighted by Gasteiger charge is -2.15. The number of halogens is 1. The van der Waals surface area contributed by atoms with Crippen LogP contribution < -0.4 is 0 Å². The number of aliphatic hydroxyl groups excluding tert-OH is 1. The third-order valence-corrected chi connectivity index (χ3v) is 3.57. The molecule has 1 aromatic heterocycles. The largest absolute Gasteiger partial charge is 0.392 e. The highest BCUT2D eigenvalue weighted by Gasteiger charge is 2.23. The van der Waals surface area contributed by atoms with E-state index in [0.717, 1.165) is 49.0 Å². The molecule has 1 aromatic rings. The zero-order valence-corrected chi connectivity index (χ0v) is 10.5. The lowest BCUT2D eigenvalue weighted by atomic mass is 10.3. The van der Waals surface area contributed by atoms with Gasteiger partial charge in [0.1, 0.15) is 0 Å². The van der Waals surface area contributed by atoms with Crippen LogP contribution in [-0.2, 0) is 13.1 Å². The first kappa shape index (κ1) is 11.9. The Morgan fingerprint density at radius 2 is 2.31 bits per heavy atom. The normalized spacial score (nSPS) is 21.9. The first-order valence-corrected chi connectivity index (χ1v) is 6.11. The zero-order valence-electron chi connectivity index (χ0n) is 9.78. The van der Waals surface area contributed by atoms with E-state index in [0.29, 0.717) is 0 Å². The van der Waals surface area contributed by atoms with Crippen LogP contribution in [0.25, 0.3) is 0 Å². The van der Waals surface area contributed by atoms with Gasteiger partial charge in [0.05, 0.1) is 22.5 Å². The third-order valence-electron chi connectivity index (χ3n) is 3.07. The van der Waals surface area contributed by atoms with Gasteiger partial charge in [-0.15, -0.1) is 0 Å². The van der Waals surface area contributed by atoms with E-state index in [4.69, 9.17) is 11.6 Å². The summed E-state index contributed by atoms with van der Waals surface area (Å²) >= 11 is 6.24. The number of β-amino-alcohol motifs (C(OH)–C–C–N with tert-alkyl or cyclic N) is 1. The van der Waals surface area contributed by atoms with E-state index in [2.05, 4.69) is 16.9 Å². The quantitative estimate of drug-likeness (QED) is 0.873. The second-order valence-corrected chi connectivity index (χ2v) is 4.72. The molecule has 0 aliphatic carbocycles. The van der Waals surface area contributed by atoms with Gasteiger partial charge in [0.2, 0.25) is 0 Å². The summed E-state index contributed by atoms with van der Waals surface area (Å²) in [7, 11) is 0. The molecule has 0 amide bonds. The highest BCUT2D eigenvalue weighted by atomic mass is 35.5. The van der Waals surface area contributed by atoms with Crippen LogP contribution in [0.15, 0.2) is 0 Å². The molecule has 5 heteroatoms. The second-order valence-electron chi connectivity index (χ2n) is 4.34. The molecular weight excluding hydrogens is 226 g/mol. The summed E-state index contributed by atoms with van der Waals surface area (Å²) in [6.45, 7) is 7.28. The van der Waals surface area contributed by atoms with E-state index in [1.54, 1.807) is 0 Å². The summed E-state index contributed by atoms with van der Waals surface area (Å²) < 4.78 is 1.95. The van der Waals surface area contributed by atoms with Crippen LogP contribution in [0.2, 0.25) is 5.02 Å². The van der Waals surface area contributed by atoms with Crippen LogP contribution in [0.1, 0.15) is 24.7 Å². The highest BCUT2D eigenvalue weighted by Crippen LogP contribution is 2.23. The molecule has 1 aliphatic heterocycles. The maximum atomic E-state index is 9.48. The van der Waals surface area contributed by atoms with Crippen LogP contribution in [0, 0.1) is 6.92 Å². The smallest absolute Gasteiger partial charge is 0.0860 e. The molecule has 0 bridgehead atoms. The molecule has 2 heterocycles. The number of rotatable bonds is 3. The van der Waals surface area contributed by atoms with Gasteiger partial charge in [-0.25, -0.2) is 0 Å². The first-order chi connectivity index (χ1) is 7.61. The number of hydrogen-bond acceptors (Lipinski definition) is 3. The average molecular weight is 244 g/mol. The van der Waals surface area contributed by atoms with Gasteiger partial charge in [0.25, 0.3) is 0 Å². The Morgan fingerprint density at radius 1 is 1.56 bits per heavy atom. The number of aryl methyl sites for hydroxylation is 2. The molecule has 0 unspecified atom stereocenters. The summed E-state index contributed by atoms with van der Waals surface area (Å²) in [5, 5.41) is 14.6. The number of nitrogens with zero attached hydrogens (tertiary/aromatic N) is 3. The number of likely N-dealkylation sites (tertiary alicyclic amines) is 1. The molecule has 16 heavy (non-hydrogen) atoms. The van der Waals surface area contributed by atoms with Crippen LogP contribution in [-0.4, -0.2) is 39.0 Å². The van der Waals surface area contributed by atoms with E-state index in [1.165, 1.54) is 0 Å². The average Bonchev–Trinajstić information content (AvgIpc) is 2.77. The van der Waals surface area contributed by atoms with Gasteiger partial charge in [-0.05, 0) is 20.3 Å². The Balaban J connectivity index is 2.14. The predicted octanol–water partition coefficient (Wildman–Crippen LogP) is 1.43. The molecule has 1 N–H and O–H groups in total. The van der Waals surface area contributed by atoms with E-state index in [-0.39, 0.29) is 6.10 Å².